The SMILES string of the molecule is CCC(c1ccc(OC)cc1)C(CC)c1ccc(O)c(CN2CCCCC2)c1.Cl. The number of likely N-dealkylation sites (tertiary alicyclic amines) is 1. The number of halogens is 1. The summed E-state index contributed by atoms with van der Waals surface area (Å²) in [6, 6.07) is 14.8. The van der Waals surface area contributed by atoms with E-state index in [1.165, 1.54) is 30.4 Å². The Morgan fingerprint density at radius 2 is 1.48 bits per heavy atom. The molecule has 0 aromatic heterocycles. The Hall–Kier alpha value is -1.71. The van der Waals surface area contributed by atoms with Gasteiger partial charge in [0.2, 0.25) is 0 Å². The summed E-state index contributed by atoms with van der Waals surface area (Å²) >= 11 is 0. The molecule has 29 heavy (non-hydrogen) atoms. The van der Waals surface area contributed by atoms with Crippen LogP contribution in [0.1, 0.15) is 74.5 Å². The van der Waals surface area contributed by atoms with Crippen molar-refractivity contribution >= 4 is 12.4 Å². The van der Waals surface area contributed by atoms with Crippen LogP contribution < -0.4 is 4.74 Å². The zero-order chi connectivity index (χ0) is 19.9. The predicted molar refractivity (Wildman–Crippen MR) is 124 cm³/mol. The van der Waals surface area contributed by atoms with E-state index in [1.807, 2.05) is 6.07 Å². The summed E-state index contributed by atoms with van der Waals surface area (Å²) in [4.78, 5) is 2.48. The van der Waals surface area contributed by atoms with Crippen LogP contribution in [0.25, 0.3) is 0 Å². The smallest absolute Gasteiger partial charge is 0.120 e. The van der Waals surface area contributed by atoms with Gasteiger partial charge in [-0.3, -0.25) is 4.90 Å². The topological polar surface area (TPSA) is 32.7 Å². The normalized spacial score (nSPS) is 16.7. The quantitative estimate of drug-likeness (QED) is 0.532. The third kappa shape index (κ3) is 5.90. The molecule has 2 unspecified atom stereocenters. The van der Waals surface area contributed by atoms with Crippen LogP contribution in [0.5, 0.6) is 11.5 Å². The van der Waals surface area contributed by atoms with E-state index >= 15 is 0 Å². The minimum absolute atomic E-state index is 0. The average Bonchev–Trinajstić information content (AvgIpc) is 2.74. The van der Waals surface area contributed by atoms with Gasteiger partial charge >= 0.3 is 0 Å². The molecule has 1 aliphatic rings. The number of rotatable bonds is 8. The lowest BCUT2D eigenvalue weighted by molar-refractivity contribution is 0.218. The average molecular weight is 418 g/mol. The number of ether oxygens (including phenoxy) is 1. The number of benzene rings is 2. The highest BCUT2D eigenvalue weighted by Crippen LogP contribution is 2.39. The molecule has 1 saturated heterocycles. The van der Waals surface area contributed by atoms with Crippen LogP contribution in [0.3, 0.4) is 0 Å². The number of phenols is 1. The number of phenolic OH excluding ortho intramolecular Hbond substituents is 1. The van der Waals surface area contributed by atoms with Gasteiger partial charge in [-0.25, -0.2) is 0 Å². The van der Waals surface area contributed by atoms with Crippen molar-refractivity contribution in [1.29, 1.82) is 0 Å². The van der Waals surface area contributed by atoms with Crippen molar-refractivity contribution in [2.45, 2.75) is 64.3 Å². The fourth-order valence-corrected chi connectivity index (χ4v) is 4.68. The second-order valence-corrected chi connectivity index (χ2v) is 8.03. The van der Waals surface area contributed by atoms with E-state index in [-0.39, 0.29) is 12.4 Å². The molecular weight excluding hydrogens is 382 g/mol. The molecule has 1 heterocycles. The monoisotopic (exact) mass is 417 g/mol. The van der Waals surface area contributed by atoms with E-state index in [2.05, 4.69) is 55.1 Å². The molecule has 3 rings (SSSR count). The summed E-state index contributed by atoms with van der Waals surface area (Å²) in [7, 11) is 1.71. The fraction of sp³-hybridized carbons (Fsp3) is 0.520. The lowest BCUT2D eigenvalue weighted by Crippen LogP contribution is -2.29. The molecule has 0 spiro atoms. The highest BCUT2D eigenvalue weighted by Gasteiger charge is 2.23. The van der Waals surface area contributed by atoms with Gasteiger partial charge in [0.05, 0.1) is 7.11 Å². The minimum Gasteiger partial charge on any atom is -0.508 e. The van der Waals surface area contributed by atoms with Gasteiger partial charge in [-0.2, -0.15) is 0 Å². The second-order valence-electron chi connectivity index (χ2n) is 8.03. The molecule has 0 bridgehead atoms. The number of aromatic hydroxyl groups is 1. The summed E-state index contributed by atoms with van der Waals surface area (Å²) < 4.78 is 5.32. The lowest BCUT2D eigenvalue weighted by Gasteiger charge is -2.29. The fourth-order valence-electron chi connectivity index (χ4n) is 4.68. The Kier molecular flexibility index (Phi) is 9.32. The summed E-state index contributed by atoms with van der Waals surface area (Å²) in [5.41, 5.74) is 3.78. The van der Waals surface area contributed by atoms with Crippen LogP contribution in [-0.4, -0.2) is 30.2 Å². The first-order valence-electron chi connectivity index (χ1n) is 10.8. The van der Waals surface area contributed by atoms with Crippen LogP contribution in [0, 0.1) is 0 Å². The molecule has 0 aliphatic carbocycles. The van der Waals surface area contributed by atoms with Crippen LogP contribution in [0.4, 0.5) is 0 Å². The van der Waals surface area contributed by atoms with Crippen molar-refractivity contribution in [2.75, 3.05) is 20.2 Å². The first-order chi connectivity index (χ1) is 13.7. The molecule has 2 aromatic carbocycles. The van der Waals surface area contributed by atoms with Crippen molar-refractivity contribution in [3.63, 3.8) is 0 Å². The van der Waals surface area contributed by atoms with Crippen LogP contribution in [-0.2, 0) is 6.54 Å². The van der Waals surface area contributed by atoms with Gasteiger partial charge in [0.1, 0.15) is 11.5 Å². The third-order valence-corrected chi connectivity index (χ3v) is 6.28. The van der Waals surface area contributed by atoms with E-state index in [4.69, 9.17) is 4.74 Å². The third-order valence-electron chi connectivity index (χ3n) is 6.28. The van der Waals surface area contributed by atoms with E-state index < -0.39 is 0 Å². The van der Waals surface area contributed by atoms with Crippen molar-refractivity contribution in [3.8, 4) is 11.5 Å². The van der Waals surface area contributed by atoms with E-state index in [0.717, 1.165) is 43.8 Å². The van der Waals surface area contributed by atoms with Gasteiger partial charge in [-0.15, -0.1) is 12.4 Å². The summed E-state index contributed by atoms with van der Waals surface area (Å²) in [6.45, 7) is 7.69. The van der Waals surface area contributed by atoms with Crippen molar-refractivity contribution in [2.24, 2.45) is 0 Å². The predicted octanol–water partition coefficient (Wildman–Crippen LogP) is 6.50. The Morgan fingerprint density at radius 1 is 0.897 bits per heavy atom. The maximum atomic E-state index is 10.5. The van der Waals surface area contributed by atoms with Gasteiger partial charge in [0.15, 0.2) is 0 Å². The first kappa shape index (κ1) is 23.6. The number of nitrogens with zero attached hydrogens (tertiary/aromatic N) is 1. The highest BCUT2D eigenvalue weighted by molar-refractivity contribution is 5.85. The van der Waals surface area contributed by atoms with Crippen LogP contribution in [0.15, 0.2) is 42.5 Å². The second kappa shape index (κ2) is 11.5. The highest BCUT2D eigenvalue weighted by atomic mass is 35.5. The molecule has 0 amide bonds. The van der Waals surface area contributed by atoms with Crippen molar-refractivity contribution < 1.29 is 9.84 Å². The van der Waals surface area contributed by atoms with Gasteiger partial charge < -0.3 is 9.84 Å². The molecule has 1 N–H and O–H groups in total. The molecule has 3 nitrogen and oxygen atoms in total. The molecule has 0 saturated carbocycles. The molecular formula is C25H36ClNO2. The molecule has 1 fully saturated rings. The number of hydrogen-bond acceptors (Lipinski definition) is 3. The molecule has 160 valence electrons. The Balaban J connectivity index is 0.00000300. The van der Waals surface area contributed by atoms with Crippen LogP contribution >= 0.6 is 12.4 Å². The number of piperidine rings is 1. The zero-order valence-corrected chi connectivity index (χ0v) is 18.9. The summed E-state index contributed by atoms with van der Waals surface area (Å²) in [6.07, 6.45) is 6.05. The Bertz CT molecular complexity index is 741. The largest absolute Gasteiger partial charge is 0.508 e. The van der Waals surface area contributed by atoms with Crippen molar-refractivity contribution in [3.05, 3.63) is 59.2 Å². The molecule has 0 radical (unpaired) electrons. The zero-order valence-electron chi connectivity index (χ0n) is 18.1. The summed E-state index contributed by atoms with van der Waals surface area (Å²) in [5, 5.41) is 10.5. The standard InChI is InChI=1S/C25H35NO2.ClH/c1-4-23(19-9-12-22(28-3)13-10-19)24(5-2)20-11-14-25(27)21(17-20)18-26-15-7-6-8-16-26;/h9-14,17,23-24,27H,4-8,15-16,18H2,1-3H3;1H. The maximum Gasteiger partial charge on any atom is 0.120 e. The first-order valence-corrected chi connectivity index (χ1v) is 10.8. The molecule has 4 heteroatoms. The van der Waals surface area contributed by atoms with Gasteiger partial charge in [-0.1, -0.05) is 44.5 Å². The Morgan fingerprint density at radius 3 is 2.07 bits per heavy atom. The number of hydrogen-bond donors (Lipinski definition) is 1. The van der Waals surface area contributed by atoms with E-state index in [9.17, 15) is 5.11 Å². The van der Waals surface area contributed by atoms with Gasteiger partial charge in [0.25, 0.3) is 0 Å². The molecule has 1 aliphatic heterocycles. The molecule has 2 atom stereocenters. The van der Waals surface area contributed by atoms with Gasteiger partial charge in [0, 0.05) is 12.1 Å². The minimum atomic E-state index is 0. The molecule has 2 aromatic rings. The van der Waals surface area contributed by atoms with Gasteiger partial charge in [-0.05, 0) is 79.9 Å². The van der Waals surface area contributed by atoms with Crippen LogP contribution in [0.2, 0.25) is 0 Å². The Labute approximate surface area is 182 Å². The lowest BCUT2D eigenvalue weighted by atomic mass is 9.78. The number of methoxy groups -OCH3 is 1. The van der Waals surface area contributed by atoms with Crippen molar-refractivity contribution in [1.82, 2.24) is 4.90 Å². The van der Waals surface area contributed by atoms with E-state index in [0.29, 0.717) is 17.6 Å². The summed E-state index contributed by atoms with van der Waals surface area (Å²) in [5.74, 6) is 2.24. The maximum absolute atomic E-state index is 10.5. The van der Waals surface area contributed by atoms with E-state index in [1.54, 1.807) is 7.11 Å².